The lowest BCUT2D eigenvalue weighted by molar-refractivity contribution is -0.139. The summed E-state index contributed by atoms with van der Waals surface area (Å²) in [6, 6.07) is -0.177. The Morgan fingerprint density at radius 3 is 2.21 bits per heavy atom. The van der Waals surface area contributed by atoms with E-state index >= 15 is 0 Å². The standard InChI is InChI=1S/C19H35N3O2/c1-15(17(23)20-19(2,3)4)22-13-9-10-16(14-22)18(24)21-11-7-5-6-8-12-21/h15-16H,5-14H2,1-4H3,(H,20,23)/t15-,16-/m0/s1. The Bertz CT molecular complexity index is 436. The molecule has 2 atom stereocenters. The van der Waals surface area contributed by atoms with Gasteiger partial charge in [-0.1, -0.05) is 12.8 Å². The van der Waals surface area contributed by atoms with E-state index in [4.69, 9.17) is 0 Å². The molecule has 2 fully saturated rings. The number of carbonyl (C=O) groups excluding carboxylic acids is 2. The van der Waals surface area contributed by atoms with Gasteiger partial charge < -0.3 is 10.2 Å². The number of piperidine rings is 1. The molecule has 2 amide bonds. The van der Waals surface area contributed by atoms with Crippen LogP contribution in [0.1, 0.15) is 66.2 Å². The first-order valence-electron chi connectivity index (χ1n) is 9.63. The topological polar surface area (TPSA) is 52.7 Å². The van der Waals surface area contributed by atoms with Gasteiger partial charge in [-0.05, 0) is 59.9 Å². The molecule has 0 radical (unpaired) electrons. The predicted molar refractivity (Wildman–Crippen MR) is 96.7 cm³/mol. The molecular weight excluding hydrogens is 302 g/mol. The fourth-order valence-corrected chi connectivity index (χ4v) is 3.75. The van der Waals surface area contributed by atoms with Gasteiger partial charge in [-0.3, -0.25) is 14.5 Å². The quantitative estimate of drug-likeness (QED) is 0.860. The van der Waals surface area contributed by atoms with Crippen molar-refractivity contribution >= 4 is 11.8 Å². The summed E-state index contributed by atoms with van der Waals surface area (Å²) in [5.74, 6) is 0.428. The molecule has 1 N–H and O–H groups in total. The summed E-state index contributed by atoms with van der Waals surface area (Å²) < 4.78 is 0. The fourth-order valence-electron chi connectivity index (χ4n) is 3.75. The van der Waals surface area contributed by atoms with E-state index in [-0.39, 0.29) is 23.4 Å². The molecule has 24 heavy (non-hydrogen) atoms. The third-order valence-electron chi connectivity index (χ3n) is 5.15. The molecule has 0 aliphatic carbocycles. The third-order valence-corrected chi connectivity index (χ3v) is 5.15. The monoisotopic (exact) mass is 337 g/mol. The molecule has 5 nitrogen and oxygen atoms in total. The number of nitrogens with zero attached hydrogens (tertiary/aromatic N) is 2. The Balaban J connectivity index is 1.92. The molecule has 0 aromatic heterocycles. The van der Waals surface area contributed by atoms with E-state index in [9.17, 15) is 9.59 Å². The predicted octanol–water partition coefficient (Wildman–Crippen LogP) is 2.40. The van der Waals surface area contributed by atoms with Crippen molar-refractivity contribution in [2.24, 2.45) is 5.92 Å². The Labute approximate surface area is 147 Å². The average Bonchev–Trinajstić information content (AvgIpc) is 2.81. The second kappa shape index (κ2) is 8.32. The van der Waals surface area contributed by atoms with Crippen LogP contribution >= 0.6 is 0 Å². The van der Waals surface area contributed by atoms with E-state index in [1.54, 1.807) is 0 Å². The van der Waals surface area contributed by atoms with Gasteiger partial charge in [0.15, 0.2) is 0 Å². The van der Waals surface area contributed by atoms with E-state index < -0.39 is 0 Å². The molecule has 138 valence electrons. The van der Waals surface area contributed by atoms with E-state index in [0.29, 0.717) is 12.5 Å². The van der Waals surface area contributed by atoms with Crippen molar-refractivity contribution in [1.82, 2.24) is 15.1 Å². The zero-order valence-electron chi connectivity index (χ0n) is 15.9. The number of carbonyl (C=O) groups is 2. The Morgan fingerprint density at radius 1 is 1.00 bits per heavy atom. The summed E-state index contributed by atoms with van der Waals surface area (Å²) in [5.41, 5.74) is -0.220. The van der Waals surface area contributed by atoms with E-state index in [2.05, 4.69) is 15.1 Å². The maximum atomic E-state index is 12.9. The molecule has 0 aromatic rings. The van der Waals surface area contributed by atoms with Gasteiger partial charge in [-0.2, -0.15) is 0 Å². The highest BCUT2D eigenvalue weighted by molar-refractivity contribution is 5.82. The smallest absolute Gasteiger partial charge is 0.237 e. The molecule has 2 rings (SSSR count). The van der Waals surface area contributed by atoms with Crippen molar-refractivity contribution in [1.29, 1.82) is 0 Å². The van der Waals surface area contributed by atoms with Crippen LogP contribution in [-0.2, 0) is 9.59 Å². The first-order valence-corrected chi connectivity index (χ1v) is 9.63. The second-order valence-corrected chi connectivity index (χ2v) is 8.49. The summed E-state index contributed by atoms with van der Waals surface area (Å²) >= 11 is 0. The zero-order chi connectivity index (χ0) is 17.7. The number of hydrogen-bond donors (Lipinski definition) is 1. The summed E-state index contributed by atoms with van der Waals surface area (Å²) in [7, 11) is 0. The Morgan fingerprint density at radius 2 is 1.62 bits per heavy atom. The lowest BCUT2D eigenvalue weighted by Crippen LogP contribution is -2.54. The van der Waals surface area contributed by atoms with Crippen LogP contribution in [-0.4, -0.2) is 59.4 Å². The van der Waals surface area contributed by atoms with E-state index in [0.717, 1.165) is 45.3 Å². The molecule has 0 aromatic carbocycles. The molecule has 2 aliphatic rings. The minimum atomic E-state index is -0.220. The molecule has 0 saturated carbocycles. The number of likely N-dealkylation sites (tertiary alicyclic amines) is 2. The van der Waals surface area contributed by atoms with Crippen molar-refractivity contribution in [2.75, 3.05) is 26.2 Å². The SMILES string of the molecule is C[C@@H](C(=O)NC(C)(C)C)N1CCC[C@H](C(=O)N2CCCCCC2)C1. The van der Waals surface area contributed by atoms with Gasteiger partial charge in [0.2, 0.25) is 11.8 Å². The third kappa shape index (κ3) is 5.47. The average molecular weight is 338 g/mol. The number of rotatable bonds is 3. The highest BCUT2D eigenvalue weighted by Crippen LogP contribution is 2.22. The zero-order valence-corrected chi connectivity index (χ0v) is 15.9. The lowest BCUT2D eigenvalue weighted by Gasteiger charge is -2.38. The maximum absolute atomic E-state index is 12.9. The minimum absolute atomic E-state index is 0.0572. The molecular formula is C19H35N3O2. The van der Waals surface area contributed by atoms with Crippen LogP contribution in [0.4, 0.5) is 0 Å². The summed E-state index contributed by atoms with van der Waals surface area (Å²) in [6.45, 7) is 11.4. The van der Waals surface area contributed by atoms with Gasteiger partial charge in [0.05, 0.1) is 12.0 Å². The van der Waals surface area contributed by atoms with E-state index in [1.165, 1.54) is 12.8 Å². The van der Waals surface area contributed by atoms with Crippen molar-refractivity contribution < 1.29 is 9.59 Å². The Kier molecular flexibility index (Phi) is 6.67. The largest absolute Gasteiger partial charge is 0.350 e. The van der Waals surface area contributed by atoms with Crippen LogP contribution in [0.25, 0.3) is 0 Å². The maximum Gasteiger partial charge on any atom is 0.237 e. The van der Waals surface area contributed by atoms with Gasteiger partial charge in [0, 0.05) is 25.2 Å². The van der Waals surface area contributed by atoms with Crippen LogP contribution in [0.15, 0.2) is 0 Å². The minimum Gasteiger partial charge on any atom is -0.350 e. The molecule has 0 bridgehead atoms. The van der Waals surface area contributed by atoms with Crippen molar-refractivity contribution in [3.63, 3.8) is 0 Å². The van der Waals surface area contributed by atoms with Gasteiger partial charge in [-0.25, -0.2) is 0 Å². The highest BCUT2D eigenvalue weighted by atomic mass is 16.2. The summed E-state index contributed by atoms with van der Waals surface area (Å²) in [4.78, 5) is 29.6. The summed E-state index contributed by atoms with van der Waals surface area (Å²) in [6.07, 6.45) is 6.70. The van der Waals surface area contributed by atoms with Crippen LogP contribution in [0.3, 0.4) is 0 Å². The molecule has 0 unspecified atom stereocenters. The normalized spacial score (nSPS) is 25.0. The van der Waals surface area contributed by atoms with Gasteiger partial charge >= 0.3 is 0 Å². The Hall–Kier alpha value is -1.10. The van der Waals surface area contributed by atoms with Crippen molar-refractivity contribution in [2.45, 2.75) is 77.8 Å². The van der Waals surface area contributed by atoms with Gasteiger partial charge in [-0.15, -0.1) is 0 Å². The number of amides is 2. The summed E-state index contributed by atoms with van der Waals surface area (Å²) in [5, 5.41) is 3.06. The molecule has 2 heterocycles. The molecule has 2 aliphatic heterocycles. The molecule has 2 saturated heterocycles. The second-order valence-electron chi connectivity index (χ2n) is 8.49. The first kappa shape index (κ1) is 19.2. The highest BCUT2D eigenvalue weighted by Gasteiger charge is 2.33. The van der Waals surface area contributed by atoms with Gasteiger partial charge in [0.25, 0.3) is 0 Å². The van der Waals surface area contributed by atoms with Crippen LogP contribution < -0.4 is 5.32 Å². The number of nitrogens with one attached hydrogen (secondary N) is 1. The lowest BCUT2D eigenvalue weighted by atomic mass is 9.95. The fraction of sp³-hybridized carbons (Fsp3) is 0.895. The van der Waals surface area contributed by atoms with Crippen LogP contribution in [0.2, 0.25) is 0 Å². The van der Waals surface area contributed by atoms with Crippen LogP contribution in [0.5, 0.6) is 0 Å². The number of hydrogen-bond acceptors (Lipinski definition) is 3. The first-order chi connectivity index (χ1) is 11.3. The molecule has 0 spiro atoms. The van der Waals surface area contributed by atoms with Crippen LogP contribution in [0, 0.1) is 5.92 Å². The van der Waals surface area contributed by atoms with E-state index in [1.807, 2.05) is 27.7 Å². The van der Waals surface area contributed by atoms with Crippen molar-refractivity contribution in [3.8, 4) is 0 Å². The van der Waals surface area contributed by atoms with Gasteiger partial charge in [0.1, 0.15) is 0 Å². The van der Waals surface area contributed by atoms with Crippen molar-refractivity contribution in [3.05, 3.63) is 0 Å². The molecule has 5 heteroatoms.